The third-order valence-corrected chi connectivity index (χ3v) is 3.80. The minimum atomic E-state index is 1.07. The molecule has 2 aliphatic carbocycles. The van der Waals surface area contributed by atoms with Crippen molar-refractivity contribution in [3.05, 3.63) is 12.2 Å². The second-order valence-electron chi connectivity index (χ2n) is 4.63. The molecule has 0 bridgehead atoms. The van der Waals surface area contributed by atoms with Crippen molar-refractivity contribution in [1.82, 2.24) is 0 Å². The largest absolute Gasteiger partial charge is 0.0999 e. The van der Waals surface area contributed by atoms with Gasteiger partial charge in [-0.05, 0) is 37.5 Å². The molecule has 0 N–H and O–H groups in total. The molecule has 0 spiro atoms. The highest BCUT2D eigenvalue weighted by Crippen LogP contribution is 2.40. The zero-order chi connectivity index (χ0) is 8.39. The van der Waals surface area contributed by atoms with Gasteiger partial charge in [-0.1, -0.05) is 37.8 Å². The highest BCUT2D eigenvalue weighted by atomic mass is 14.3. The lowest BCUT2D eigenvalue weighted by Gasteiger charge is -2.28. The summed E-state index contributed by atoms with van der Waals surface area (Å²) in [5.74, 6) is 2.16. The summed E-state index contributed by atoms with van der Waals surface area (Å²) in [5.41, 5.74) is 1.50. The fourth-order valence-electron chi connectivity index (χ4n) is 2.95. The SMILES string of the molecule is C=C1CCC(C2CCCC2)CC1. The lowest BCUT2D eigenvalue weighted by Crippen LogP contribution is -2.15. The molecule has 0 heteroatoms. The Morgan fingerprint density at radius 2 is 1.33 bits per heavy atom. The van der Waals surface area contributed by atoms with Gasteiger partial charge in [0.25, 0.3) is 0 Å². The average molecular weight is 164 g/mol. The molecule has 0 aromatic heterocycles. The predicted molar refractivity (Wildman–Crippen MR) is 53.1 cm³/mol. The van der Waals surface area contributed by atoms with Gasteiger partial charge >= 0.3 is 0 Å². The Labute approximate surface area is 76.1 Å². The van der Waals surface area contributed by atoms with Gasteiger partial charge in [0.2, 0.25) is 0 Å². The van der Waals surface area contributed by atoms with E-state index in [-0.39, 0.29) is 0 Å². The molecule has 0 radical (unpaired) electrons. The van der Waals surface area contributed by atoms with Crippen LogP contribution in [0.4, 0.5) is 0 Å². The van der Waals surface area contributed by atoms with Crippen LogP contribution in [0.3, 0.4) is 0 Å². The zero-order valence-electron chi connectivity index (χ0n) is 8.02. The van der Waals surface area contributed by atoms with E-state index < -0.39 is 0 Å². The van der Waals surface area contributed by atoms with Crippen LogP contribution in [0.15, 0.2) is 12.2 Å². The number of hydrogen-bond acceptors (Lipinski definition) is 0. The van der Waals surface area contributed by atoms with E-state index >= 15 is 0 Å². The summed E-state index contributed by atoms with van der Waals surface area (Å²) in [4.78, 5) is 0. The van der Waals surface area contributed by atoms with E-state index in [9.17, 15) is 0 Å². The molecule has 2 aliphatic rings. The molecule has 0 aliphatic heterocycles. The highest BCUT2D eigenvalue weighted by molar-refractivity contribution is 4.99. The van der Waals surface area contributed by atoms with Gasteiger partial charge in [-0.25, -0.2) is 0 Å². The zero-order valence-corrected chi connectivity index (χ0v) is 8.02. The van der Waals surface area contributed by atoms with Gasteiger partial charge in [-0.3, -0.25) is 0 Å². The van der Waals surface area contributed by atoms with Crippen molar-refractivity contribution < 1.29 is 0 Å². The number of hydrogen-bond donors (Lipinski definition) is 0. The minimum Gasteiger partial charge on any atom is -0.0999 e. The molecule has 0 aromatic carbocycles. The van der Waals surface area contributed by atoms with E-state index in [0.717, 1.165) is 11.8 Å². The molecule has 0 saturated heterocycles. The lowest BCUT2D eigenvalue weighted by molar-refractivity contribution is 0.278. The maximum atomic E-state index is 4.08. The van der Waals surface area contributed by atoms with E-state index in [1.807, 2.05) is 0 Å². The fourth-order valence-corrected chi connectivity index (χ4v) is 2.95. The summed E-state index contributed by atoms with van der Waals surface area (Å²) in [7, 11) is 0. The van der Waals surface area contributed by atoms with Crippen molar-refractivity contribution >= 4 is 0 Å². The third kappa shape index (κ3) is 1.73. The van der Waals surface area contributed by atoms with Crippen LogP contribution in [0.25, 0.3) is 0 Å². The van der Waals surface area contributed by atoms with E-state index in [2.05, 4.69) is 6.58 Å². The fraction of sp³-hybridized carbons (Fsp3) is 0.833. The standard InChI is InChI=1S/C12H20/c1-10-6-8-12(9-7-10)11-4-2-3-5-11/h11-12H,1-9H2. The van der Waals surface area contributed by atoms with Gasteiger partial charge in [-0.2, -0.15) is 0 Å². The van der Waals surface area contributed by atoms with E-state index in [0.29, 0.717) is 0 Å². The van der Waals surface area contributed by atoms with Crippen molar-refractivity contribution in [2.24, 2.45) is 11.8 Å². The molecule has 12 heavy (non-hydrogen) atoms. The Hall–Kier alpha value is -0.260. The Bertz CT molecular complexity index is 153. The van der Waals surface area contributed by atoms with Crippen LogP contribution in [0.2, 0.25) is 0 Å². The first-order valence-corrected chi connectivity index (χ1v) is 5.53. The summed E-state index contributed by atoms with van der Waals surface area (Å²) in [6, 6.07) is 0. The minimum absolute atomic E-state index is 1.07. The third-order valence-electron chi connectivity index (χ3n) is 3.80. The first-order chi connectivity index (χ1) is 5.86. The molecule has 2 fully saturated rings. The van der Waals surface area contributed by atoms with Crippen LogP contribution in [-0.2, 0) is 0 Å². The molecule has 2 saturated carbocycles. The first kappa shape index (κ1) is 8.34. The predicted octanol–water partition coefficient (Wildman–Crippen LogP) is 3.92. The second kappa shape index (κ2) is 3.64. The molecule has 0 heterocycles. The Kier molecular flexibility index (Phi) is 2.53. The van der Waals surface area contributed by atoms with Crippen molar-refractivity contribution in [2.75, 3.05) is 0 Å². The number of allylic oxidation sites excluding steroid dienone is 1. The molecule has 0 aromatic rings. The smallest absolute Gasteiger partial charge is 0.0320 e. The maximum absolute atomic E-state index is 4.08. The van der Waals surface area contributed by atoms with E-state index in [4.69, 9.17) is 0 Å². The van der Waals surface area contributed by atoms with Gasteiger partial charge < -0.3 is 0 Å². The monoisotopic (exact) mass is 164 g/mol. The molecule has 0 amide bonds. The van der Waals surface area contributed by atoms with Crippen LogP contribution in [0.5, 0.6) is 0 Å². The van der Waals surface area contributed by atoms with Crippen LogP contribution in [0.1, 0.15) is 51.4 Å². The molecular formula is C12H20. The Morgan fingerprint density at radius 3 is 1.92 bits per heavy atom. The van der Waals surface area contributed by atoms with Gasteiger partial charge in [-0.15, -0.1) is 0 Å². The van der Waals surface area contributed by atoms with Gasteiger partial charge in [0.05, 0.1) is 0 Å². The molecule has 0 nitrogen and oxygen atoms in total. The van der Waals surface area contributed by atoms with Crippen molar-refractivity contribution in [3.63, 3.8) is 0 Å². The van der Waals surface area contributed by atoms with Crippen LogP contribution in [-0.4, -0.2) is 0 Å². The molecular weight excluding hydrogens is 144 g/mol. The van der Waals surface area contributed by atoms with Crippen molar-refractivity contribution in [2.45, 2.75) is 51.4 Å². The topological polar surface area (TPSA) is 0 Å². The molecule has 68 valence electrons. The van der Waals surface area contributed by atoms with Crippen molar-refractivity contribution in [3.8, 4) is 0 Å². The molecule has 2 rings (SSSR count). The second-order valence-corrected chi connectivity index (χ2v) is 4.63. The Morgan fingerprint density at radius 1 is 0.833 bits per heavy atom. The van der Waals surface area contributed by atoms with E-state index in [1.165, 1.54) is 56.9 Å². The summed E-state index contributed by atoms with van der Waals surface area (Å²) in [6.45, 7) is 4.08. The summed E-state index contributed by atoms with van der Waals surface area (Å²) in [6.07, 6.45) is 11.6. The van der Waals surface area contributed by atoms with Gasteiger partial charge in [0.15, 0.2) is 0 Å². The van der Waals surface area contributed by atoms with Crippen LogP contribution >= 0.6 is 0 Å². The molecule has 0 atom stereocenters. The van der Waals surface area contributed by atoms with Gasteiger partial charge in [0.1, 0.15) is 0 Å². The quantitative estimate of drug-likeness (QED) is 0.515. The lowest BCUT2D eigenvalue weighted by atomic mass is 9.78. The van der Waals surface area contributed by atoms with Crippen LogP contribution in [0, 0.1) is 11.8 Å². The summed E-state index contributed by atoms with van der Waals surface area (Å²) < 4.78 is 0. The summed E-state index contributed by atoms with van der Waals surface area (Å²) >= 11 is 0. The van der Waals surface area contributed by atoms with Crippen molar-refractivity contribution in [1.29, 1.82) is 0 Å². The molecule has 0 unspecified atom stereocenters. The van der Waals surface area contributed by atoms with Crippen LogP contribution < -0.4 is 0 Å². The Balaban J connectivity index is 1.84. The van der Waals surface area contributed by atoms with Gasteiger partial charge in [0, 0.05) is 0 Å². The number of rotatable bonds is 1. The maximum Gasteiger partial charge on any atom is -0.0320 e. The average Bonchev–Trinajstić information content (AvgIpc) is 2.58. The van der Waals surface area contributed by atoms with E-state index in [1.54, 1.807) is 0 Å². The summed E-state index contributed by atoms with van der Waals surface area (Å²) in [5, 5.41) is 0. The normalized spacial score (nSPS) is 28.2. The first-order valence-electron chi connectivity index (χ1n) is 5.53. The highest BCUT2D eigenvalue weighted by Gasteiger charge is 2.26.